The summed E-state index contributed by atoms with van der Waals surface area (Å²) in [5.41, 5.74) is 1.20. The molecule has 0 atom stereocenters. The lowest BCUT2D eigenvalue weighted by Crippen LogP contribution is -1.86. The van der Waals surface area contributed by atoms with Crippen LogP contribution >= 0.6 is 11.8 Å². The molecule has 0 amide bonds. The van der Waals surface area contributed by atoms with Gasteiger partial charge in [-0.1, -0.05) is 12.1 Å². The molecule has 1 rings (SSSR count). The predicted octanol–water partition coefficient (Wildman–Crippen LogP) is 3.62. The third kappa shape index (κ3) is 5.20. The van der Waals surface area contributed by atoms with Crippen LogP contribution in [0.3, 0.4) is 0 Å². The first-order chi connectivity index (χ1) is 7.86. The minimum atomic E-state index is 0.674. The van der Waals surface area contributed by atoms with Gasteiger partial charge in [-0.3, -0.25) is 0 Å². The highest BCUT2D eigenvalue weighted by atomic mass is 32.2. The van der Waals surface area contributed by atoms with Crippen molar-refractivity contribution in [1.82, 2.24) is 0 Å². The van der Waals surface area contributed by atoms with E-state index < -0.39 is 0 Å². The summed E-state index contributed by atoms with van der Waals surface area (Å²) in [6.45, 7) is 0.674. The van der Waals surface area contributed by atoms with E-state index in [0.717, 1.165) is 18.6 Å². The number of unbranched alkanes of at least 4 members (excludes halogenated alkanes) is 2. The normalized spacial score (nSPS) is 10.0. The van der Waals surface area contributed by atoms with Crippen LogP contribution in [0.25, 0.3) is 0 Å². The summed E-state index contributed by atoms with van der Waals surface area (Å²) in [6.07, 6.45) is 2.79. The highest BCUT2D eigenvalue weighted by Crippen LogP contribution is 2.20. The van der Waals surface area contributed by atoms with E-state index in [1.165, 1.54) is 10.5 Å². The van der Waals surface area contributed by atoms with Crippen molar-refractivity contribution in [1.29, 1.82) is 5.26 Å². The van der Waals surface area contributed by atoms with E-state index in [-0.39, 0.29) is 0 Å². The fourth-order valence-electron chi connectivity index (χ4n) is 1.34. The highest BCUT2D eigenvalue weighted by Gasteiger charge is 1.95. The van der Waals surface area contributed by atoms with Crippen LogP contribution in [0.4, 0.5) is 0 Å². The molecule has 0 N–H and O–H groups in total. The van der Waals surface area contributed by atoms with Gasteiger partial charge in [-0.25, -0.2) is 0 Å². The predicted molar refractivity (Wildman–Crippen MR) is 67.3 cm³/mol. The van der Waals surface area contributed by atoms with Crippen LogP contribution in [0.2, 0.25) is 0 Å². The lowest BCUT2D eigenvalue weighted by atomic mass is 10.2. The van der Waals surface area contributed by atoms with Crippen molar-refractivity contribution < 1.29 is 4.74 Å². The quantitative estimate of drug-likeness (QED) is 0.534. The van der Waals surface area contributed by atoms with Crippen molar-refractivity contribution in [2.24, 2.45) is 0 Å². The summed E-state index contributed by atoms with van der Waals surface area (Å²) in [7, 11) is 1.71. The van der Waals surface area contributed by atoms with Crippen molar-refractivity contribution in [3.05, 3.63) is 29.8 Å². The molecule has 0 aromatic heterocycles. The number of nitriles is 1. The van der Waals surface area contributed by atoms with Crippen molar-refractivity contribution in [2.45, 2.75) is 30.8 Å². The number of hydrogen-bond acceptors (Lipinski definition) is 3. The summed E-state index contributed by atoms with van der Waals surface area (Å²) < 4.78 is 5.06. The number of benzene rings is 1. The van der Waals surface area contributed by atoms with Gasteiger partial charge in [0.25, 0.3) is 0 Å². The van der Waals surface area contributed by atoms with Gasteiger partial charge in [0.15, 0.2) is 0 Å². The molecule has 0 unspecified atom stereocenters. The Kier molecular flexibility index (Phi) is 6.71. The van der Waals surface area contributed by atoms with Crippen LogP contribution in [0, 0.1) is 11.3 Å². The van der Waals surface area contributed by atoms with Gasteiger partial charge in [-0.15, -0.1) is 11.8 Å². The van der Waals surface area contributed by atoms with Gasteiger partial charge in [0.2, 0.25) is 0 Å². The maximum absolute atomic E-state index is 8.40. The largest absolute Gasteiger partial charge is 0.380 e. The van der Waals surface area contributed by atoms with Gasteiger partial charge >= 0.3 is 0 Å². The Morgan fingerprint density at radius 3 is 2.62 bits per heavy atom. The molecule has 2 nitrogen and oxygen atoms in total. The molecule has 3 heteroatoms. The lowest BCUT2D eigenvalue weighted by molar-refractivity contribution is 0.185. The fourth-order valence-corrected chi connectivity index (χ4v) is 2.26. The molecule has 0 bridgehead atoms. The van der Waals surface area contributed by atoms with E-state index in [0.29, 0.717) is 13.0 Å². The number of thioether (sulfide) groups is 1. The second-order valence-corrected chi connectivity index (χ2v) is 4.71. The van der Waals surface area contributed by atoms with Gasteiger partial charge in [0.05, 0.1) is 12.7 Å². The van der Waals surface area contributed by atoms with Gasteiger partial charge in [-0.2, -0.15) is 5.26 Å². The van der Waals surface area contributed by atoms with Crippen LogP contribution in [0.15, 0.2) is 29.2 Å². The summed E-state index contributed by atoms with van der Waals surface area (Å²) in [6, 6.07) is 10.6. The van der Waals surface area contributed by atoms with Crippen LogP contribution in [-0.2, 0) is 11.3 Å². The molecule has 0 spiro atoms. The van der Waals surface area contributed by atoms with E-state index >= 15 is 0 Å². The maximum atomic E-state index is 8.40. The molecule has 86 valence electrons. The summed E-state index contributed by atoms with van der Waals surface area (Å²) in [5, 5.41) is 8.40. The minimum Gasteiger partial charge on any atom is -0.380 e. The van der Waals surface area contributed by atoms with Crippen LogP contribution in [0.5, 0.6) is 0 Å². The average Bonchev–Trinajstić information content (AvgIpc) is 2.31. The van der Waals surface area contributed by atoms with Gasteiger partial charge in [0, 0.05) is 18.4 Å². The monoisotopic (exact) mass is 235 g/mol. The van der Waals surface area contributed by atoms with E-state index in [9.17, 15) is 0 Å². The fraction of sp³-hybridized carbons (Fsp3) is 0.462. The standard InChI is InChI=1S/C13H17NOS/c1-15-11-12-5-7-13(8-6-12)16-10-4-2-3-9-14/h5-8H,2-4,10-11H2,1H3. The summed E-state index contributed by atoms with van der Waals surface area (Å²) >= 11 is 1.85. The zero-order chi connectivity index (χ0) is 11.6. The van der Waals surface area contributed by atoms with E-state index in [4.69, 9.17) is 10.00 Å². The van der Waals surface area contributed by atoms with Crippen LogP contribution in [0.1, 0.15) is 24.8 Å². The van der Waals surface area contributed by atoms with Gasteiger partial charge in [0.1, 0.15) is 0 Å². The number of ether oxygens (including phenoxy) is 1. The first-order valence-corrected chi connectivity index (χ1v) is 6.43. The van der Waals surface area contributed by atoms with Crippen molar-refractivity contribution >= 4 is 11.8 Å². The Morgan fingerprint density at radius 1 is 1.25 bits per heavy atom. The van der Waals surface area contributed by atoms with Crippen molar-refractivity contribution in [3.63, 3.8) is 0 Å². The second kappa shape index (κ2) is 8.20. The first kappa shape index (κ1) is 13.1. The van der Waals surface area contributed by atoms with Gasteiger partial charge in [-0.05, 0) is 36.3 Å². The van der Waals surface area contributed by atoms with Crippen LogP contribution in [-0.4, -0.2) is 12.9 Å². The molecule has 0 aliphatic heterocycles. The highest BCUT2D eigenvalue weighted by molar-refractivity contribution is 7.99. The zero-order valence-electron chi connectivity index (χ0n) is 9.61. The molecule has 0 radical (unpaired) electrons. The smallest absolute Gasteiger partial charge is 0.0713 e. The number of methoxy groups -OCH3 is 1. The summed E-state index contributed by atoms with van der Waals surface area (Å²) in [4.78, 5) is 1.29. The molecule has 0 saturated heterocycles. The van der Waals surface area contributed by atoms with Crippen molar-refractivity contribution in [3.8, 4) is 6.07 Å². The third-order valence-electron chi connectivity index (χ3n) is 2.19. The number of nitrogens with zero attached hydrogens (tertiary/aromatic N) is 1. The lowest BCUT2D eigenvalue weighted by Gasteiger charge is -2.03. The topological polar surface area (TPSA) is 33.0 Å². The van der Waals surface area contributed by atoms with E-state index in [1.807, 2.05) is 11.8 Å². The maximum Gasteiger partial charge on any atom is 0.0713 e. The van der Waals surface area contributed by atoms with E-state index in [2.05, 4.69) is 30.3 Å². The Bertz CT molecular complexity index is 329. The first-order valence-electron chi connectivity index (χ1n) is 5.44. The molecule has 16 heavy (non-hydrogen) atoms. The molecule has 0 heterocycles. The molecule has 0 aliphatic carbocycles. The third-order valence-corrected chi connectivity index (χ3v) is 3.28. The SMILES string of the molecule is COCc1ccc(SCCCCC#N)cc1. The number of hydrogen-bond donors (Lipinski definition) is 0. The molecule has 0 saturated carbocycles. The van der Waals surface area contributed by atoms with Gasteiger partial charge < -0.3 is 4.74 Å². The van der Waals surface area contributed by atoms with E-state index in [1.54, 1.807) is 7.11 Å². The van der Waals surface area contributed by atoms with Crippen LogP contribution < -0.4 is 0 Å². The molecule has 1 aromatic carbocycles. The number of rotatable bonds is 7. The Morgan fingerprint density at radius 2 is 2.00 bits per heavy atom. The molecular formula is C13H17NOS. The molecular weight excluding hydrogens is 218 g/mol. The second-order valence-electron chi connectivity index (χ2n) is 3.54. The molecule has 0 aliphatic rings. The zero-order valence-corrected chi connectivity index (χ0v) is 10.4. The Balaban J connectivity index is 2.24. The van der Waals surface area contributed by atoms with Crippen molar-refractivity contribution in [2.75, 3.05) is 12.9 Å². The Hall–Kier alpha value is -0.980. The molecule has 1 aromatic rings. The minimum absolute atomic E-state index is 0.674. The Labute approximate surface area is 102 Å². The average molecular weight is 235 g/mol. The molecule has 0 fully saturated rings. The summed E-state index contributed by atoms with van der Waals surface area (Å²) in [5.74, 6) is 1.09.